The summed E-state index contributed by atoms with van der Waals surface area (Å²) < 4.78 is 5.10. The molecule has 0 saturated heterocycles. The van der Waals surface area contributed by atoms with Gasteiger partial charge in [-0.2, -0.15) is 0 Å². The van der Waals surface area contributed by atoms with E-state index in [9.17, 15) is 5.11 Å². The molecule has 3 nitrogen and oxygen atoms in total. The first-order chi connectivity index (χ1) is 6.16. The summed E-state index contributed by atoms with van der Waals surface area (Å²) in [6.07, 6.45) is -0.670. The molecule has 2 atom stereocenters. The number of benzene rings is 1. The molecule has 0 fully saturated rings. The maximum atomic E-state index is 9.70. The van der Waals surface area contributed by atoms with E-state index in [1.165, 1.54) is 0 Å². The fraction of sp³-hybridized carbons (Fsp3) is 0.400. The largest absolute Gasteiger partial charge is 0.496 e. The highest BCUT2D eigenvalue weighted by molar-refractivity contribution is 5.35. The van der Waals surface area contributed by atoms with Gasteiger partial charge >= 0.3 is 0 Å². The van der Waals surface area contributed by atoms with E-state index in [-0.39, 0.29) is 6.04 Å². The lowest BCUT2D eigenvalue weighted by Gasteiger charge is -2.17. The molecule has 0 aliphatic rings. The standard InChI is InChI=1S/C10H15NO2/c1-7(11)10(12)8-5-3-4-6-9(8)13-2/h3-7,10,12H,11H2,1-2H3/t7-,10-/m1/s1. The van der Waals surface area contributed by atoms with Gasteiger partial charge in [0.05, 0.1) is 13.2 Å². The molecular weight excluding hydrogens is 166 g/mol. The Kier molecular flexibility index (Phi) is 3.28. The number of nitrogens with two attached hydrogens (primary N) is 1. The van der Waals surface area contributed by atoms with Gasteiger partial charge in [0.2, 0.25) is 0 Å². The van der Waals surface area contributed by atoms with Crippen molar-refractivity contribution < 1.29 is 9.84 Å². The van der Waals surface area contributed by atoms with Crippen molar-refractivity contribution in [3.05, 3.63) is 29.8 Å². The van der Waals surface area contributed by atoms with Crippen LogP contribution in [0.3, 0.4) is 0 Å². The van der Waals surface area contributed by atoms with Gasteiger partial charge in [-0.15, -0.1) is 0 Å². The zero-order chi connectivity index (χ0) is 9.84. The smallest absolute Gasteiger partial charge is 0.124 e. The minimum atomic E-state index is -0.670. The Morgan fingerprint density at radius 3 is 2.54 bits per heavy atom. The molecule has 0 bridgehead atoms. The highest BCUT2D eigenvalue weighted by atomic mass is 16.5. The van der Waals surface area contributed by atoms with Crippen LogP contribution >= 0.6 is 0 Å². The van der Waals surface area contributed by atoms with E-state index in [1.807, 2.05) is 18.2 Å². The molecule has 0 aliphatic carbocycles. The SMILES string of the molecule is COc1ccccc1[C@H](O)[C@@H](C)N. The van der Waals surface area contributed by atoms with Gasteiger partial charge in [0, 0.05) is 11.6 Å². The predicted molar refractivity (Wildman–Crippen MR) is 51.6 cm³/mol. The summed E-state index contributed by atoms with van der Waals surface area (Å²) >= 11 is 0. The first-order valence-corrected chi connectivity index (χ1v) is 4.23. The first-order valence-electron chi connectivity index (χ1n) is 4.23. The fourth-order valence-electron chi connectivity index (χ4n) is 1.19. The van der Waals surface area contributed by atoms with Crippen LogP contribution in [0.5, 0.6) is 5.75 Å². The second kappa shape index (κ2) is 4.25. The molecule has 0 saturated carbocycles. The van der Waals surface area contributed by atoms with E-state index in [1.54, 1.807) is 20.1 Å². The molecule has 3 heteroatoms. The molecule has 0 aromatic heterocycles. The average molecular weight is 181 g/mol. The quantitative estimate of drug-likeness (QED) is 0.733. The lowest BCUT2D eigenvalue weighted by Crippen LogP contribution is -2.24. The number of aliphatic hydroxyl groups excluding tert-OH is 1. The molecule has 1 aromatic carbocycles. The van der Waals surface area contributed by atoms with Gasteiger partial charge in [0.1, 0.15) is 5.75 Å². The monoisotopic (exact) mass is 181 g/mol. The van der Waals surface area contributed by atoms with Crippen molar-refractivity contribution in [1.82, 2.24) is 0 Å². The van der Waals surface area contributed by atoms with Gasteiger partial charge in [0.25, 0.3) is 0 Å². The van der Waals surface area contributed by atoms with E-state index in [4.69, 9.17) is 10.5 Å². The fourth-order valence-corrected chi connectivity index (χ4v) is 1.19. The molecule has 1 rings (SSSR count). The first kappa shape index (κ1) is 10.0. The molecule has 72 valence electrons. The third-order valence-electron chi connectivity index (χ3n) is 1.96. The molecule has 3 N–H and O–H groups in total. The minimum Gasteiger partial charge on any atom is -0.496 e. The summed E-state index contributed by atoms with van der Waals surface area (Å²) in [7, 11) is 1.58. The van der Waals surface area contributed by atoms with Crippen LogP contribution in [0.2, 0.25) is 0 Å². The number of para-hydroxylation sites is 1. The van der Waals surface area contributed by atoms with E-state index >= 15 is 0 Å². The van der Waals surface area contributed by atoms with Crippen molar-refractivity contribution in [1.29, 1.82) is 0 Å². The number of methoxy groups -OCH3 is 1. The van der Waals surface area contributed by atoms with E-state index < -0.39 is 6.10 Å². The summed E-state index contributed by atoms with van der Waals surface area (Å²) in [6.45, 7) is 1.76. The van der Waals surface area contributed by atoms with E-state index in [0.29, 0.717) is 5.75 Å². The third kappa shape index (κ3) is 2.20. The Morgan fingerprint density at radius 2 is 2.00 bits per heavy atom. The second-order valence-corrected chi connectivity index (χ2v) is 3.05. The predicted octanol–water partition coefficient (Wildman–Crippen LogP) is 1.08. The number of aliphatic hydroxyl groups is 1. The Morgan fingerprint density at radius 1 is 1.38 bits per heavy atom. The van der Waals surface area contributed by atoms with Gasteiger partial charge < -0.3 is 15.6 Å². The van der Waals surface area contributed by atoms with Gasteiger partial charge in [0.15, 0.2) is 0 Å². The van der Waals surface area contributed by atoms with Crippen LogP contribution in [-0.2, 0) is 0 Å². The lowest BCUT2D eigenvalue weighted by atomic mass is 10.0. The summed E-state index contributed by atoms with van der Waals surface area (Å²) in [5.74, 6) is 0.673. The highest BCUT2D eigenvalue weighted by Crippen LogP contribution is 2.25. The Labute approximate surface area is 78.1 Å². The lowest BCUT2D eigenvalue weighted by molar-refractivity contribution is 0.149. The van der Waals surface area contributed by atoms with Crippen LogP contribution in [0.4, 0.5) is 0 Å². The van der Waals surface area contributed by atoms with Crippen molar-refractivity contribution in [2.45, 2.75) is 19.1 Å². The highest BCUT2D eigenvalue weighted by Gasteiger charge is 2.15. The van der Waals surface area contributed by atoms with Gasteiger partial charge in [-0.3, -0.25) is 0 Å². The summed E-state index contributed by atoms with van der Waals surface area (Å²) in [6, 6.07) is 7.03. The van der Waals surface area contributed by atoms with Gasteiger partial charge in [-0.05, 0) is 13.0 Å². The number of hydrogen-bond acceptors (Lipinski definition) is 3. The van der Waals surface area contributed by atoms with Gasteiger partial charge in [-0.25, -0.2) is 0 Å². The normalized spacial score (nSPS) is 15.1. The minimum absolute atomic E-state index is 0.295. The average Bonchev–Trinajstić information content (AvgIpc) is 2.16. The number of rotatable bonds is 3. The molecule has 0 spiro atoms. The summed E-state index contributed by atoms with van der Waals surface area (Å²) in [4.78, 5) is 0. The van der Waals surface area contributed by atoms with Crippen molar-refractivity contribution >= 4 is 0 Å². The van der Waals surface area contributed by atoms with Crippen LogP contribution in [0, 0.1) is 0 Å². The van der Waals surface area contributed by atoms with Crippen LogP contribution in [0.25, 0.3) is 0 Å². The Balaban J connectivity index is 2.98. The second-order valence-electron chi connectivity index (χ2n) is 3.05. The molecule has 0 unspecified atom stereocenters. The van der Waals surface area contributed by atoms with Crippen LogP contribution < -0.4 is 10.5 Å². The van der Waals surface area contributed by atoms with Crippen LogP contribution in [0.1, 0.15) is 18.6 Å². The van der Waals surface area contributed by atoms with Crippen molar-refractivity contribution in [2.24, 2.45) is 5.73 Å². The van der Waals surface area contributed by atoms with Crippen LogP contribution in [-0.4, -0.2) is 18.3 Å². The molecular formula is C10H15NO2. The van der Waals surface area contributed by atoms with Crippen molar-refractivity contribution in [3.8, 4) is 5.75 Å². The van der Waals surface area contributed by atoms with Crippen LogP contribution in [0.15, 0.2) is 24.3 Å². The molecule has 0 aliphatic heterocycles. The molecule has 0 amide bonds. The summed E-state index contributed by atoms with van der Waals surface area (Å²) in [5, 5.41) is 9.70. The zero-order valence-corrected chi connectivity index (χ0v) is 7.90. The van der Waals surface area contributed by atoms with Crippen molar-refractivity contribution in [2.75, 3.05) is 7.11 Å². The molecule has 13 heavy (non-hydrogen) atoms. The topological polar surface area (TPSA) is 55.5 Å². The van der Waals surface area contributed by atoms with E-state index in [2.05, 4.69) is 0 Å². The third-order valence-corrected chi connectivity index (χ3v) is 1.96. The Bertz CT molecular complexity index is 273. The maximum Gasteiger partial charge on any atom is 0.124 e. The summed E-state index contributed by atoms with van der Waals surface area (Å²) in [5.41, 5.74) is 6.32. The number of ether oxygens (including phenoxy) is 1. The maximum absolute atomic E-state index is 9.70. The molecule has 1 aromatic rings. The Hall–Kier alpha value is -1.06. The number of hydrogen-bond donors (Lipinski definition) is 2. The van der Waals surface area contributed by atoms with Gasteiger partial charge in [-0.1, -0.05) is 18.2 Å². The molecule has 0 heterocycles. The molecule has 0 radical (unpaired) electrons. The zero-order valence-electron chi connectivity index (χ0n) is 7.90. The van der Waals surface area contributed by atoms with E-state index in [0.717, 1.165) is 5.56 Å². The van der Waals surface area contributed by atoms with Crippen molar-refractivity contribution in [3.63, 3.8) is 0 Å².